The zero-order valence-electron chi connectivity index (χ0n) is 14.7. The second-order valence-electron chi connectivity index (χ2n) is 7.31. The van der Waals surface area contributed by atoms with Gasteiger partial charge in [-0.3, -0.25) is 9.69 Å². The first-order valence-electron chi connectivity index (χ1n) is 8.90. The third kappa shape index (κ3) is 4.11. The maximum Gasteiger partial charge on any atom is 0.237 e. The zero-order chi connectivity index (χ0) is 16.4. The number of nitrogens with zero attached hydrogens (tertiary/aromatic N) is 2. The second kappa shape index (κ2) is 8.32. The summed E-state index contributed by atoms with van der Waals surface area (Å²) in [6, 6.07) is 11.3. The van der Waals surface area contributed by atoms with E-state index < -0.39 is 0 Å². The molecule has 0 spiro atoms. The van der Waals surface area contributed by atoms with Gasteiger partial charge in [0, 0.05) is 37.1 Å². The summed E-state index contributed by atoms with van der Waals surface area (Å²) in [4.78, 5) is 17.1. The number of amides is 1. The summed E-state index contributed by atoms with van der Waals surface area (Å²) in [7, 11) is 0. The molecule has 4 atom stereocenters. The molecular weight excluding hydrogens is 322 g/mol. The molecule has 1 amide bonds. The Morgan fingerprint density at radius 1 is 1.12 bits per heavy atom. The van der Waals surface area contributed by atoms with E-state index in [2.05, 4.69) is 47.9 Å². The minimum absolute atomic E-state index is 0. The Balaban J connectivity index is 0.00000208. The molecule has 1 aromatic rings. The topological polar surface area (TPSA) is 49.6 Å². The van der Waals surface area contributed by atoms with Gasteiger partial charge in [0.1, 0.15) is 0 Å². The molecule has 134 valence electrons. The molecule has 0 radical (unpaired) electrons. The molecule has 2 aliphatic heterocycles. The lowest BCUT2D eigenvalue weighted by molar-refractivity contribution is -0.138. The van der Waals surface area contributed by atoms with Crippen LogP contribution in [0.1, 0.15) is 44.6 Å². The lowest BCUT2D eigenvalue weighted by atomic mass is 9.95. The van der Waals surface area contributed by atoms with Crippen LogP contribution in [0.5, 0.6) is 0 Å². The maximum absolute atomic E-state index is 12.8. The van der Waals surface area contributed by atoms with Gasteiger partial charge >= 0.3 is 0 Å². The number of carbonyl (C=O) groups is 1. The average Bonchev–Trinajstić information content (AvgIpc) is 2.88. The van der Waals surface area contributed by atoms with Crippen molar-refractivity contribution < 1.29 is 4.79 Å². The molecule has 0 aromatic heterocycles. The Morgan fingerprint density at radius 2 is 1.75 bits per heavy atom. The van der Waals surface area contributed by atoms with Gasteiger partial charge in [0.25, 0.3) is 0 Å². The molecule has 24 heavy (non-hydrogen) atoms. The highest BCUT2D eigenvalue weighted by Gasteiger charge is 2.35. The molecular formula is C19H30ClN3O. The Kier molecular flexibility index (Phi) is 6.67. The van der Waals surface area contributed by atoms with Crippen molar-refractivity contribution in [3.63, 3.8) is 0 Å². The molecule has 2 N–H and O–H groups in total. The van der Waals surface area contributed by atoms with Crippen LogP contribution < -0.4 is 5.73 Å². The van der Waals surface area contributed by atoms with Crippen LogP contribution in [0.15, 0.2) is 30.3 Å². The van der Waals surface area contributed by atoms with Crippen LogP contribution >= 0.6 is 12.4 Å². The molecule has 2 saturated heterocycles. The van der Waals surface area contributed by atoms with Gasteiger partial charge in [0.05, 0.1) is 6.54 Å². The fourth-order valence-electron chi connectivity index (χ4n) is 4.28. The van der Waals surface area contributed by atoms with E-state index in [0.717, 1.165) is 25.9 Å². The average molecular weight is 352 g/mol. The van der Waals surface area contributed by atoms with Crippen LogP contribution in [0.2, 0.25) is 0 Å². The van der Waals surface area contributed by atoms with Gasteiger partial charge in [-0.25, -0.2) is 0 Å². The molecule has 2 unspecified atom stereocenters. The fourth-order valence-corrected chi connectivity index (χ4v) is 4.28. The Bertz CT molecular complexity index is 529. The van der Waals surface area contributed by atoms with Crippen molar-refractivity contribution >= 4 is 18.3 Å². The van der Waals surface area contributed by atoms with Gasteiger partial charge in [0.2, 0.25) is 5.91 Å². The fraction of sp³-hybridized carbons (Fsp3) is 0.632. The number of piperidine rings is 1. The van der Waals surface area contributed by atoms with Gasteiger partial charge in [-0.05, 0) is 38.7 Å². The third-order valence-electron chi connectivity index (χ3n) is 5.51. The van der Waals surface area contributed by atoms with E-state index in [1.807, 2.05) is 6.07 Å². The van der Waals surface area contributed by atoms with Gasteiger partial charge in [0.15, 0.2) is 0 Å². The van der Waals surface area contributed by atoms with Gasteiger partial charge in [-0.1, -0.05) is 30.3 Å². The highest BCUT2D eigenvalue weighted by molar-refractivity contribution is 5.85. The molecule has 0 bridgehead atoms. The normalized spacial score (nSPS) is 30.9. The molecule has 5 heteroatoms. The monoisotopic (exact) mass is 351 g/mol. The van der Waals surface area contributed by atoms with Crippen molar-refractivity contribution in [1.82, 2.24) is 9.80 Å². The van der Waals surface area contributed by atoms with E-state index in [4.69, 9.17) is 5.73 Å². The first kappa shape index (κ1) is 19.2. The van der Waals surface area contributed by atoms with E-state index >= 15 is 0 Å². The van der Waals surface area contributed by atoms with Crippen molar-refractivity contribution in [3.8, 4) is 0 Å². The standard InChI is InChI=1S/C19H29N3O.ClH/c1-14-7-6-8-15(2)22(14)19(23)13-21-11-17(18(20)12-21)16-9-4-3-5-10-16;/h3-5,9-10,14-15,17-18H,6-8,11-13,20H2,1-2H3;1H/t14?,15?,17-,18+;/m0./s1. The van der Waals surface area contributed by atoms with Crippen molar-refractivity contribution in [1.29, 1.82) is 0 Å². The summed E-state index contributed by atoms with van der Waals surface area (Å²) in [5.41, 5.74) is 7.63. The summed E-state index contributed by atoms with van der Waals surface area (Å²) in [6.07, 6.45) is 3.49. The zero-order valence-corrected chi connectivity index (χ0v) is 15.5. The minimum atomic E-state index is 0. The quantitative estimate of drug-likeness (QED) is 0.910. The van der Waals surface area contributed by atoms with Crippen LogP contribution in [0, 0.1) is 0 Å². The number of likely N-dealkylation sites (tertiary alicyclic amines) is 2. The van der Waals surface area contributed by atoms with Crippen molar-refractivity contribution in [2.24, 2.45) is 5.73 Å². The number of nitrogens with two attached hydrogens (primary N) is 1. The Hall–Kier alpha value is -1.10. The predicted molar refractivity (Wildman–Crippen MR) is 100 cm³/mol. The van der Waals surface area contributed by atoms with Crippen molar-refractivity contribution in [2.75, 3.05) is 19.6 Å². The smallest absolute Gasteiger partial charge is 0.237 e. The van der Waals surface area contributed by atoms with Crippen LogP contribution in [0.4, 0.5) is 0 Å². The van der Waals surface area contributed by atoms with E-state index in [9.17, 15) is 4.79 Å². The Labute approximate surface area is 151 Å². The predicted octanol–water partition coefficient (Wildman–Crippen LogP) is 2.62. The van der Waals surface area contributed by atoms with Gasteiger partial charge < -0.3 is 10.6 Å². The molecule has 0 saturated carbocycles. The maximum atomic E-state index is 12.8. The number of rotatable bonds is 3. The minimum Gasteiger partial charge on any atom is -0.336 e. The van der Waals surface area contributed by atoms with Crippen LogP contribution in [0.3, 0.4) is 0 Å². The Morgan fingerprint density at radius 3 is 2.38 bits per heavy atom. The number of halogens is 1. The molecule has 1 aromatic carbocycles. The number of carbonyl (C=O) groups excluding carboxylic acids is 1. The number of hydrogen-bond donors (Lipinski definition) is 1. The highest BCUT2D eigenvalue weighted by atomic mass is 35.5. The largest absolute Gasteiger partial charge is 0.336 e. The summed E-state index contributed by atoms with van der Waals surface area (Å²) in [5.74, 6) is 0.603. The first-order chi connectivity index (χ1) is 11.1. The highest BCUT2D eigenvalue weighted by Crippen LogP contribution is 2.27. The van der Waals surface area contributed by atoms with Crippen LogP contribution in [0.25, 0.3) is 0 Å². The summed E-state index contributed by atoms with van der Waals surface area (Å²) >= 11 is 0. The van der Waals surface area contributed by atoms with E-state index in [0.29, 0.717) is 24.5 Å². The summed E-state index contributed by atoms with van der Waals surface area (Å²) < 4.78 is 0. The molecule has 3 rings (SSSR count). The van der Waals surface area contributed by atoms with E-state index in [1.165, 1.54) is 12.0 Å². The lowest BCUT2D eigenvalue weighted by Gasteiger charge is -2.39. The molecule has 2 heterocycles. The molecule has 0 aliphatic carbocycles. The third-order valence-corrected chi connectivity index (χ3v) is 5.51. The summed E-state index contributed by atoms with van der Waals surface area (Å²) in [5, 5.41) is 0. The number of hydrogen-bond acceptors (Lipinski definition) is 3. The SMILES string of the molecule is CC1CCCC(C)N1C(=O)CN1C[C@@H](N)[C@H](c2ccccc2)C1.Cl. The lowest BCUT2D eigenvalue weighted by Crippen LogP contribution is -2.51. The van der Waals surface area contributed by atoms with Gasteiger partial charge in [-0.15, -0.1) is 12.4 Å². The molecule has 2 fully saturated rings. The van der Waals surface area contributed by atoms with E-state index in [-0.39, 0.29) is 24.4 Å². The van der Waals surface area contributed by atoms with Crippen LogP contribution in [-0.4, -0.2) is 53.5 Å². The van der Waals surface area contributed by atoms with E-state index in [1.54, 1.807) is 0 Å². The molecule has 2 aliphatic rings. The second-order valence-corrected chi connectivity index (χ2v) is 7.31. The van der Waals surface area contributed by atoms with Crippen molar-refractivity contribution in [2.45, 2.75) is 57.2 Å². The number of benzene rings is 1. The van der Waals surface area contributed by atoms with Crippen LogP contribution in [-0.2, 0) is 4.79 Å². The van der Waals surface area contributed by atoms with Crippen molar-refractivity contribution in [3.05, 3.63) is 35.9 Å². The van der Waals surface area contributed by atoms with Gasteiger partial charge in [-0.2, -0.15) is 0 Å². The summed E-state index contributed by atoms with van der Waals surface area (Å²) in [6.45, 7) is 6.55. The first-order valence-corrected chi connectivity index (χ1v) is 8.90. The molecule has 4 nitrogen and oxygen atoms in total.